The molecule has 1 aliphatic rings. The zero-order valence-electron chi connectivity index (χ0n) is 19.2. The van der Waals surface area contributed by atoms with Gasteiger partial charge in [0.15, 0.2) is 0 Å². The summed E-state index contributed by atoms with van der Waals surface area (Å²) in [7, 11) is 0. The average molecular weight is 440 g/mol. The first-order chi connectivity index (χ1) is 16.1. The zero-order valence-corrected chi connectivity index (χ0v) is 19.2. The molecule has 0 radical (unpaired) electrons. The van der Waals surface area contributed by atoms with E-state index in [1.807, 2.05) is 36.1 Å². The smallest absolute Gasteiger partial charge is 0.254 e. The molecule has 5 rings (SSSR count). The first-order valence-electron chi connectivity index (χ1n) is 11.7. The molecule has 33 heavy (non-hydrogen) atoms. The second kappa shape index (κ2) is 9.10. The summed E-state index contributed by atoms with van der Waals surface area (Å²) < 4.78 is 5.98. The maximum absolute atomic E-state index is 13.3. The molecule has 1 amide bonds. The number of fused-ring (bicyclic) bond motifs is 2. The molecule has 168 valence electrons. The number of carbonyl (C=O) groups is 1. The summed E-state index contributed by atoms with van der Waals surface area (Å²) in [6.07, 6.45) is 3.40. The van der Waals surface area contributed by atoms with Crippen LogP contribution in [0.1, 0.15) is 47.1 Å². The lowest BCUT2D eigenvalue weighted by molar-refractivity contribution is 0.0733. The molecule has 5 heteroatoms. The van der Waals surface area contributed by atoms with Crippen LogP contribution in [0.5, 0.6) is 5.75 Å². The maximum atomic E-state index is 13.3. The van der Waals surface area contributed by atoms with Crippen LogP contribution in [0.3, 0.4) is 0 Å². The van der Waals surface area contributed by atoms with Gasteiger partial charge in [-0.15, -0.1) is 0 Å². The first kappa shape index (κ1) is 21.3. The Morgan fingerprint density at radius 3 is 2.67 bits per heavy atom. The lowest BCUT2D eigenvalue weighted by Crippen LogP contribution is -2.32. The molecule has 0 saturated heterocycles. The Morgan fingerprint density at radius 2 is 1.85 bits per heavy atom. The van der Waals surface area contributed by atoms with Gasteiger partial charge >= 0.3 is 0 Å². The summed E-state index contributed by atoms with van der Waals surface area (Å²) in [5.74, 6) is 1.81. The van der Waals surface area contributed by atoms with Crippen molar-refractivity contribution in [1.82, 2.24) is 14.9 Å². The molecule has 0 fully saturated rings. The molecule has 5 nitrogen and oxygen atoms in total. The Balaban J connectivity index is 1.38. The van der Waals surface area contributed by atoms with E-state index in [9.17, 15) is 4.79 Å². The van der Waals surface area contributed by atoms with Crippen molar-refractivity contribution in [2.75, 3.05) is 13.2 Å². The van der Waals surface area contributed by atoms with Gasteiger partial charge in [0.25, 0.3) is 5.91 Å². The van der Waals surface area contributed by atoms with E-state index < -0.39 is 0 Å². The topological polar surface area (TPSA) is 58.2 Å². The number of rotatable bonds is 5. The minimum absolute atomic E-state index is 0.0493. The van der Waals surface area contributed by atoms with Gasteiger partial charge in [-0.25, -0.2) is 4.98 Å². The standard InChI is InChI=1S/C28H29N3O2/c1-3-4-5-20-6-8-21(9-7-20)28(32)31-14-15-33-27-13-11-22(16-24(27)18-31)23-10-12-25-26(17-23)30-19(2)29-25/h6-13,16-17H,3-5,14-15,18H2,1-2H3,(H,29,30). The fraction of sp³-hybridized carbons (Fsp3) is 0.286. The molecule has 0 bridgehead atoms. The van der Waals surface area contributed by atoms with Gasteiger partial charge in [0.2, 0.25) is 0 Å². The largest absolute Gasteiger partial charge is 0.491 e. The van der Waals surface area contributed by atoms with Crippen LogP contribution < -0.4 is 4.74 Å². The second-order valence-corrected chi connectivity index (χ2v) is 8.75. The van der Waals surface area contributed by atoms with E-state index in [0.717, 1.165) is 51.3 Å². The summed E-state index contributed by atoms with van der Waals surface area (Å²) in [6.45, 7) is 5.75. The van der Waals surface area contributed by atoms with Gasteiger partial charge in [0.05, 0.1) is 17.6 Å². The summed E-state index contributed by atoms with van der Waals surface area (Å²) in [5.41, 5.74) is 7.24. The minimum Gasteiger partial charge on any atom is -0.491 e. The quantitative estimate of drug-likeness (QED) is 0.420. The Hall–Kier alpha value is -3.60. The molecule has 0 unspecified atom stereocenters. The first-order valence-corrected chi connectivity index (χ1v) is 11.7. The van der Waals surface area contributed by atoms with Gasteiger partial charge in [-0.05, 0) is 72.9 Å². The monoisotopic (exact) mass is 439 g/mol. The van der Waals surface area contributed by atoms with Gasteiger partial charge in [0, 0.05) is 17.7 Å². The molecule has 1 aliphatic heterocycles. The number of carbonyl (C=O) groups excluding carboxylic acids is 1. The fourth-order valence-electron chi connectivity index (χ4n) is 4.44. The van der Waals surface area contributed by atoms with Crippen molar-refractivity contribution in [1.29, 1.82) is 0 Å². The van der Waals surface area contributed by atoms with Crippen LogP contribution in [0, 0.1) is 6.92 Å². The highest BCUT2D eigenvalue weighted by Gasteiger charge is 2.21. The van der Waals surface area contributed by atoms with Crippen molar-refractivity contribution in [3.05, 3.63) is 83.2 Å². The van der Waals surface area contributed by atoms with E-state index in [2.05, 4.69) is 53.3 Å². The van der Waals surface area contributed by atoms with Crippen molar-refractivity contribution >= 4 is 16.9 Å². The van der Waals surface area contributed by atoms with Gasteiger partial charge in [0.1, 0.15) is 18.2 Å². The van der Waals surface area contributed by atoms with Crippen LogP contribution in [0.2, 0.25) is 0 Å². The van der Waals surface area contributed by atoms with Gasteiger partial charge in [-0.1, -0.05) is 37.6 Å². The van der Waals surface area contributed by atoms with E-state index in [-0.39, 0.29) is 5.91 Å². The number of nitrogens with zero attached hydrogens (tertiary/aromatic N) is 2. The van der Waals surface area contributed by atoms with Crippen molar-refractivity contribution < 1.29 is 9.53 Å². The number of hydrogen-bond donors (Lipinski definition) is 1. The number of imidazole rings is 1. The van der Waals surface area contributed by atoms with Crippen LogP contribution in [-0.2, 0) is 13.0 Å². The number of nitrogens with one attached hydrogen (secondary N) is 1. The SMILES string of the molecule is CCCCc1ccc(C(=O)N2CCOc3ccc(-c4ccc5nc(C)[nH]c5c4)cc3C2)cc1. The van der Waals surface area contributed by atoms with Crippen LogP contribution in [0.15, 0.2) is 60.7 Å². The number of benzene rings is 3. The average Bonchev–Trinajstić information content (AvgIpc) is 3.08. The van der Waals surface area contributed by atoms with Crippen molar-refractivity contribution in [2.45, 2.75) is 39.7 Å². The predicted molar refractivity (Wildman–Crippen MR) is 132 cm³/mol. The van der Waals surface area contributed by atoms with E-state index >= 15 is 0 Å². The normalized spacial score (nSPS) is 13.5. The number of aromatic amines is 1. The highest BCUT2D eigenvalue weighted by atomic mass is 16.5. The third-order valence-electron chi connectivity index (χ3n) is 6.28. The molecule has 0 aliphatic carbocycles. The lowest BCUT2D eigenvalue weighted by Gasteiger charge is -2.20. The maximum Gasteiger partial charge on any atom is 0.254 e. The highest BCUT2D eigenvalue weighted by Crippen LogP contribution is 2.31. The Morgan fingerprint density at radius 1 is 1.06 bits per heavy atom. The number of amides is 1. The molecule has 4 aromatic rings. The summed E-state index contributed by atoms with van der Waals surface area (Å²) in [6, 6.07) is 20.6. The number of hydrogen-bond acceptors (Lipinski definition) is 3. The number of ether oxygens (including phenoxy) is 1. The molecule has 0 saturated carbocycles. The van der Waals surface area contributed by atoms with Gasteiger partial charge in [-0.3, -0.25) is 4.79 Å². The third-order valence-corrected chi connectivity index (χ3v) is 6.28. The number of H-pyrrole nitrogens is 1. The number of aromatic nitrogens is 2. The fourth-order valence-corrected chi connectivity index (χ4v) is 4.44. The predicted octanol–water partition coefficient (Wildman–Crippen LogP) is 5.92. The van der Waals surface area contributed by atoms with Crippen LogP contribution >= 0.6 is 0 Å². The number of unbranched alkanes of at least 4 members (excludes halogenated alkanes) is 1. The van der Waals surface area contributed by atoms with E-state index in [1.54, 1.807) is 0 Å². The Kier molecular flexibility index (Phi) is 5.86. The molecule has 2 heterocycles. The molecular formula is C28H29N3O2. The lowest BCUT2D eigenvalue weighted by atomic mass is 10.0. The molecule has 1 aromatic heterocycles. The summed E-state index contributed by atoms with van der Waals surface area (Å²) in [5, 5.41) is 0. The Bertz CT molecular complexity index is 1290. The Labute approximate surface area is 194 Å². The number of aryl methyl sites for hydroxylation is 2. The molecular weight excluding hydrogens is 410 g/mol. The van der Waals surface area contributed by atoms with Crippen molar-refractivity contribution in [3.8, 4) is 16.9 Å². The second-order valence-electron chi connectivity index (χ2n) is 8.75. The molecule has 1 N–H and O–H groups in total. The van der Waals surface area contributed by atoms with Crippen molar-refractivity contribution in [3.63, 3.8) is 0 Å². The van der Waals surface area contributed by atoms with Crippen LogP contribution in [0.4, 0.5) is 0 Å². The third kappa shape index (κ3) is 4.49. The van der Waals surface area contributed by atoms with E-state index in [1.165, 1.54) is 18.4 Å². The molecule has 0 spiro atoms. The van der Waals surface area contributed by atoms with Crippen LogP contribution in [-0.4, -0.2) is 33.9 Å². The van der Waals surface area contributed by atoms with E-state index in [0.29, 0.717) is 19.7 Å². The zero-order chi connectivity index (χ0) is 22.8. The van der Waals surface area contributed by atoms with Crippen LogP contribution in [0.25, 0.3) is 22.2 Å². The molecule has 3 aromatic carbocycles. The summed E-state index contributed by atoms with van der Waals surface area (Å²) in [4.78, 5) is 22.9. The van der Waals surface area contributed by atoms with E-state index in [4.69, 9.17) is 4.74 Å². The highest BCUT2D eigenvalue weighted by molar-refractivity contribution is 5.94. The van der Waals surface area contributed by atoms with Gasteiger partial charge in [-0.2, -0.15) is 0 Å². The minimum atomic E-state index is 0.0493. The van der Waals surface area contributed by atoms with Crippen molar-refractivity contribution in [2.24, 2.45) is 0 Å². The van der Waals surface area contributed by atoms with Gasteiger partial charge < -0.3 is 14.6 Å². The summed E-state index contributed by atoms with van der Waals surface area (Å²) >= 11 is 0. The molecule has 0 atom stereocenters.